The van der Waals surface area contributed by atoms with Crippen LogP contribution in [0, 0.1) is 0 Å². The molecule has 185 valence electrons. The van der Waals surface area contributed by atoms with Crippen molar-refractivity contribution in [3.8, 4) is 0 Å². The highest BCUT2D eigenvalue weighted by atomic mass is 32.1. The fraction of sp³-hybridized carbons (Fsp3) is 0.810. The molecule has 0 bridgehead atoms. The molecular formula is C21H39BN2O5PSSi2. The summed E-state index contributed by atoms with van der Waals surface area (Å²) < 4.78 is 35.7. The first-order valence-corrected chi connectivity index (χ1v) is 16.9. The number of ether oxygens (including phenoxy) is 2. The second-order valence-corrected chi connectivity index (χ2v) is 19.8. The van der Waals surface area contributed by atoms with Crippen LogP contribution in [0.3, 0.4) is 0 Å². The Morgan fingerprint density at radius 3 is 2.18 bits per heavy atom. The minimum Gasteiger partial charge on any atom is -0.462 e. The van der Waals surface area contributed by atoms with Gasteiger partial charge in [0.05, 0.1) is 12.6 Å². The van der Waals surface area contributed by atoms with Crippen LogP contribution < -0.4 is 0 Å². The van der Waals surface area contributed by atoms with Crippen LogP contribution in [-0.2, 0) is 22.4 Å². The smallest absolute Gasteiger partial charge is 0.335 e. The van der Waals surface area contributed by atoms with E-state index in [9.17, 15) is 0 Å². The van der Waals surface area contributed by atoms with E-state index < -0.39 is 23.2 Å². The van der Waals surface area contributed by atoms with E-state index in [0.29, 0.717) is 11.8 Å². The number of imidazole rings is 1. The number of rotatable bonds is 6. The zero-order chi connectivity index (χ0) is 24.6. The van der Waals surface area contributed by atoms with E-state index in [0.717, 1.165) is 0 Å². The van der Waals surface area contributed by atoms with Crippen LogP contribution in [0.2, 0.25) is 22.2 Å². The van der Waals surface area contributed by atoms with Gasteiger partial charge in [-0.1, -0.05) is 55.4 Å². The van der Waals surface area contributed by atoms with Crippen LogP contribution in [-0.4, -0.2) is 69.8 Å². The zero-order valence-corrected chi connectivity index (χ0v) is 25.0. The normalized spacial score (nSPS) is 29.2. The highest BCUT2D eigenvalue weighted by Gasteiger charge is 2.62. The molecule has 0 amide bonds. The summed E-state index contributed by atoms with van der Waals surface area (Å²) in [4.78, 5) is 4.08. The van der Waals surface area contributed by atoms with Crippen molar-refractivity contribution in [2.24, 2.45) is 0 Å². The molecule has 3 heterocycles. The van der Waals surface area contributed by atoms with Gasteiger partial charge in [-0.3, -0.25) is 4.57 Å². The standard InChI is InChI=1S/C21H39BN2O5PSSi2/c1-13(2)32(14(3)4)25-11-17-18(28-33(29-32,15(5)6)16(7)8)19(20(22-30)26-17)27-21(31)24-10-9-23-12-24/h9-10,12-20H,11,30H2,1-8H3/t17-,18?,19+,20-/m1/s1. The molecule has 0 aliphatic carbocycles. The maximum Gasteiger partial charge on any atom is 0.335 e. The molecule has 0 spiro atoms. The van der Waals surface area contributed by atoms with Gasteiger partial charge in [0.15, 0.2) is 7.00 Å². The van der Waals surface area contributed by atoms with Crippen LogP contribution in [0.5, 0.6) is 0 Å². The van der Waals surface area contributed by atoms with E-state index in [1.54, 1.807) is 23.3 Å². The summed E-state index contributed by atoms with van der Waals surface area (Å²) in [5, 5.41) is 0.320. The van der Waals surface area contributed by atoms with Gasteiger partial charge in [-0.25, -0.2) is 4.98 Å². The molecule has 1 aromatic heterocycles. The van der Waals surface area contributed by atoms with Crippen molar-refractivity contribution in [2.45, 2.75) is 102 Å². The van der Waals surface area contributed by atoms with Crippen molar-refractivity contribution < 1.29 is 22.4 Å². The topological polar surface area (TPSA) is 64.0 Å². The van der Waals surface area contributed by atoms with E-state index in [1.807, 2.05) is 7.00 Å². The fourth-order valence-electron chi connectivity index (χ4n) is 5.00. The maximum absolute atomic E-state index is 7.27. The fourth-order valence-corrected chi connectivity index (χ4v) is 16.7. The lowest BCUT2D eigenvalue weighted by molar-refractivity contribution is -0.0310. The molecule has 12 heteroatoms. The Labute approximate surface area is 209 Å². The van der Waals surface area contributed by atoms with Crippen LogP contribution in [0.1, 0.15) is 55.4 Å². The van der Waals surface area contributed by atoms with Gasteiger partial charge in [0.2, 0.25) is 0 Å². The van der Waals surface area contributed by atoms with E-state index in [4.69, 9.17) is 34.7 Å². The monoisotopic (exact) mass is 529 g/mol. The third kappa shape index (κ3) is 5.21. The number of nitrogens with zero attached hydrogens (tertiary/aromatic N) is 2. The molecule has 5 atom stereocenters. The highest BCUT2D eigenvalue weighted by molar-refractivity contribution is 7.80. The Morgan fingerprint density at radius 1 is 1.09 bits per heavy atom. The van der Waals surface area contributed by atoms with Gasteiger partial charge in [0.1, 0.15) is 24.6 Å². The molecule has 1 aromatic rings. The SMILES string of the molecule is CC(C)[Si]1(C(C)C)OC[C@H]2O[C@@H]([B]P)[C@@H](OC(=S)n3ccnc3)C2O[Si](C(C)C)(C(C)C)O1. The predicted molar refractivity (Wildman–Crippen MR) is 143 cm³/mol. The van der Waals surface area contributed by atoms with Crippen molar-refractivity contribution in [1.82, 2.24) is 9.55 Å². The Morgan fingerprint density at radius 2 is 1.70 bits per heavy atom. The first kappa shape index (κ1) is 27.5. The molecule has 2 saturated heterocycles. The van der Waals surface area contributed by atoms with Crippen molar-refractivity contribution in [1.29, 1.82) is 0 Å². The summed E-state index contributed by atoms with van der Waals surface area (Å²) in [6, 6.07) is -0.298. The summed E-state index contributed by atoms with van der Waals surface area (Å²) in [5.74, 6) is 0. The number of fused-ring (bicyclic) bond motifs is 1. The molecule has 2 fully saturated rings. The average molecular weight is 530 g/mol. The van der Waals surface area contributed by atoms with E-state index in [-0.39, 0.29) is 40.4 Å². The van der Waals surface area contributed by atoms with Crippen molar-refractivity contribution in [3.05, 3.63) is 18.7 Å². The summed E-state index contributed by atoms with van der Waals surface area (Å²) in [7, 11) is -2.73. The summed E-state index contributed by atoms with van der Waals surface area (Å²) in [6.45, 7) is 20.1. The maximum atomic E-state index is 7.27. The molecule has 1 radical (unpaired) electrons. The first-order valence-electron chi connectivity index (χ1n) is 11.9. The highest BCUT2D eigenvalue weighted by Crippen LogP contribution is 2.47. The van der Waals surface area contributed by atoms with Gasteiger partial charge in [0, 0.05) is 12.4 Å². The van der Waals surface area contributed by atoms with Gasteiger partial charge < -0.3 is 22.4 Å². The molecule has 2 aliphatic heterocycles. The minimum atomic E-state index is -2.77. The van der Waals surface area contributed by atoms with Gasteiger partial charge in [0.25, 0.3) is 5.17 Å². The van der Waals surface area contributed by atoms with Gasteiger partial charge in [-0.15, -0.1) is 0 Å². The molecule has 33 heavy (non-hydrogen) atoms. The number of thiocarbonyl (C=S) groups is 1. The number of hydrogen-bond acceptors (Lipinski definition) is 7. The molecular weight excluding hydrogens is 490 g/mol. The lowest BCUT2D eigenvalue weighted by Gasteiger charge is -2.51. The first-order chi connectivity index (χ1) is 15.5. The minimum absolute atomic E-state index is 0.226. The molecule has 3 rings (SSSR count). The molecule has 2 aliphatic rings. The lowest BCUT2D eigenvalue weighted by atomic mass is 9.91. The molecule has 2 unspecified atom stereocenters. The Bertz CT molecular complexity index is 786. The van der Waals surface area contributed by atoms with Crippen LogP contribution in [0.15, 0.2) is 18.7 Å². The lowest BCUT2D eigenvalue weighted by Crippen LogP contribution is -2.66. The number of hydrogen-bond donors (Lipinski definition) is 0. The summed E-state index contributed by atoms with van der Waals surface area (Å²) >= 11 is 5.56. The molecule has 0 saturated carbocycles. The summed E-state index contributed by atoms with van der Waals surface area (Å²) in [5.41, 5.74) is 1.02. The van der Waals surface area contributed by atoms with Gasteiger partial charge >= 0.3 is 17.1 Å². The Kier molecular flexibility index (Phi) is 9.04. The average Bonchev–Trinajstić information content (AvgIpc) is 3.36. The van der Waals surface area contributed by atoms with Crippen LogP contribution >= 0.6 is 21.3 Å². The Hall–Kier alpha value is -0.131. The molecule has 7 nitrogen and oxygen atoms in total. The molecule has 0 N–H and O–H groups in total. The predicted octanol–water partition coefficient (Wildman–Crippen LogP) is 4.58. The third-order valence-corrected chi connectivity index (χ3v) is 17.8. The van der Waals surface area contributed by atoms with Gasteiger partial charge in [-0.05, 0) is 34.4 Å². The van der Waals surface area contributed by atoms with Crippen molar-refractivity contribution in [2.75, 3.05) is 6.61 Å². The number of aromatic nitrogens is 2. The van der Waals surface area contributed by atoms with E-state index >= 15 is 0 Å². The largest absolute Gasteiger partial charge is 0.462 e. The van der Waals surface area contributed by atoms with Crippen LogP contribution in [0.4, 0.5) is 0 Å². The summed E-state index contributed by atoms with van der Waals surface area (Å²) in [6.07, 6.45) is 4.05. The van der Waals surface area contributed by atoms with Crippen molar-refractivity contribution >= 4 is 50.6 Å². The van der Waals surface area contributed by atoms with E-state index in [2.05, 4.69) is 69.5 Å². The van der Waals surface area contributed by atoms with Crippen LogP contribution in [0.25, 0.3) is 0 Å². The quantitative estimate of drug-likeness (QED) is 0.304. The Balaban J connectivity index is 2.02. The molecule has 0 aromatic carbocycles. The van der Waals surface area contributed by atoms with Gasteiger partial charge in [-0.2, -0.15) is 9.12 Å². The second kappa shape index (κ2) is 10.9. The third-order valence-electron chi connectivity index (χ3n) is 6.82. The van der Waals surface area contributed by atoms with E-state index in [1.165, 1.54) is 0 Å². The second-order valence-electron chi connectivity index (χ2n) is 10.2. The van der Waals surface area contributed by atoms with Crippen molar-refractivity contribution in [3.63, 3.8) is 0 Å². The zero-order valence-electron chi connectivity index (χ0n) is 21.1.